The fourth-order valence-corrected chi connectivity index (χ4v) is 3.46. The van der Waals surface area contributed by atoms with Gasteiger partial charge in [0, 0.05) is 24.3 Å². The Bertz CT molecular complexity index is 1080. The molecule has 0 aliphatic carbocycles. The third kappa shape index (κ3) is 3.77. The van der Waals surface area contributed by atoms with E-state index in [1.54, 1.807) is 24.3 Å². The van der Waals surface area contributed by atoms with E-state index in [1.807, 2.05) is 23.1 Å². The lowest BCUT2D eigenvalue weighted by Gasteiger charge is -2.29. The first-order valence-corrected chi connectivity index (χ1v) is 9.22. The summed E-state index contributed by atoms with van der Waals surface area (Å²) in [7, 11) is 0. The molecule has 8 nitrogen and oxygen atoms in total. The molecule has 2 aromatic carbocycles. The molecule has 1 aliphatic rings. The van der Waals surface area contributed by atoms with E-state index in [-0.39, 0.29) is 17.3 Å². The van der Waals surface area contributed by atoms with Gasteiger partial charge in [-0.25, -0.2) is 9.97 Å². The first-order valence-electron chi connectivity index (χ1n) is 9.22. The average Bonchev–Trinajstić information content (AvgIpc) is 2.73. The molecule has 1 aromatic heterocycles. The normalized spacial score (nSPS) is 12.9. The van der Waals surface area contributed by atoms with Crippen molar-refractivity contribution in [3.8, 4) is 0 Å². The number of nitro groups is 1. The number of hydrogen-bond acceptors (Lipinski definition) is 7. The zero-order valence-corrected chi connectivity index (χ0v) is 15.8. The third-order valence-electron chi connectivity index (χ3n) is 4.97. The minimum atomic E-state index is -0.456. The van der Waals surface area contributed by atoms with Crippen LogP contribution in [0, 0.1) is 10.1 Å². The molecular weight excluding hydrogens is 370 g/mol. The first-order chi connectivity index (χ1) is 14.0. The van der Waals surface area contributed by atoms with Crippen molar-refractivity contribution in [3.63, 3.8) is 0 Å². The van der Waals surface area contributed by atoms with E-state index in [4.69, 9.17) is 0 Å². The van der Waals surface area contributed by atoms with E-state index >= 15 is 0 Å². The zero-order chi connectivity index (χ0) is 20.4. The molecule has 0 spiro atoms. The summed E-state index contributed by atoms with van der Waals surface area (Å²) in [6.45, 7) is 2.68. The Labute approximate surface area is 167 Å². The Kier molecular flexibility index (Phi) is 4.90. The third-order valence-corrected chi connectivity index (χ3v) is 4.97. The van der Waals surface area contributed by atoms with Gasteiger partial charge < -0.3 is 10.2 Å². The highest BCUT2D eigenvalue weighted by Gasteiger charge is 2.29. The smallest absolute Gasteiger partial charge is 0.346 e. The SMILES string of the molecule is CC(=O)c1ccc(Nc2ncnc(N3CCc4ccccc4C3)c2[N+](=O)[O-])cc1. The van der Waals surface area contributed by atoms with Crippen molar-refractivity contribution in [1.82, 2.24) is 9.97 Å². The Morgan fingerprint density at radius 2 is 1.83 bits per heavy atom. The van der Waals surface area contributed by atoms with Gasteiger partial charge in [-0.05, 0) is 48.7 Å². The molecule has 146 valence electrons. The van der Waals surface area contributed by atoms with Crippen LogP contribution in [0.15, 0.2) is 54.9 Å². The fourth-order valence-electron chi connectivity index (χ4n) is 3.46. The summed E-state index contributed by atoms with van der Waals surface area (Å²) in [6, 6.07) is 14.8. The molecule has 0 unspecified atom stereocenters. The lowest BCUT2D eigenvalue weighted by Crippen LogP contribution is -2.31. The minimum absolute atomic E-state index is 0.0442. The van der Waals surface area contributed by atoms with Crippen molar-refractivity contribution in [2.75, 3.05) is 16.8 Å². The van der Waals surface area contributed by atoms with Crippen LogP contribution in [0.25, 0.3) is 0 Å². The molecule has 1 N–H and O–H groups in total. The number of nitrogens with one attached hydrogen (secondary N) is 1. The highest BCUT2D eigenvalue weighted by atomic mass is 16.6. The van der Waals surface area contributed by atoms with Crippen LogP contribution in [-0.2, 0) is 13.0 Å². The van der Waals surface area contributed by atoms with Gasteiger partial charge in [-0.2, -0.15) is 0 Å². The van der Waals surface area contributed by atoms with Gasteiger partial charge in [0.2, 0.25) is 11.6 Å². The maximum absolute atomic E-state index is 11.9. The second-order valence-corrected chi connectivity index (χ2v) is 6.85. The van der Waals surface area contributed by atoms with Crippen LogP contribution in [-0.4, -0.2) is 27.2 Å². The van der Waals surface area contributed by atoms with Crippen molar-refractivity contribution in [2.45, 2.75) is 19.9 Å². The van der Waals surface area contributed by atoms with E-state index in [1.165, 1.54) is 18.8 Å². The number of fused-ring (bicyclic) bond motifs is 1. The maximum Gasteiger partial charge on any atom is 0.353 e. The molecule has 0 amide bonds. The molecule has 0 radical (unpaired) electrons. The van der Waals surface area contributed by atoms with E-state index < -0.39 is 4.92 Å². The Morgan fingerprint density at radius 3 is 2.52 bits per heavy atom. The van der Waals surface area contributed by atoms with Crippen molar-refractivity contribution in [2.24, 2.45) is 0 Å². The number of hydrogen-bond donors (Lipinski definition) is 1. The number of carbonyl (C=O) groups is 1. The van der Waals surface area contributed by atoms with Gasteiger partial charge in [0.15, 0.2) is 5.78 Å². The number of nitrogens with zero attached hydrogens (tertiary/aromatic N) is 4. The monoisotopic (exact) mass is 389 g/mol. The summed E-state index contributed by atoms with van der Waals surface area (Å²) in [4.78, 5) is 33.1. The number of Topliss-reactive ketones (excluding diaryl/α,β-unsaturated/α-hetero) is 1. The second-order valence-electron chi connectivity index (χ2n) is 6.85. The highest BCUT2D eigenvalue weighted by Crippen LogP contribution is 2.35. The number of rotatable bonds is 5. The summed E-state index contributed by atoms with van der Waals surface area (Å²) in [5, 5.41) is 14.9. The quantitative estimate of drug-likeness (QED) is 0.401. The van der Waals surface area contributed by atoms with E-state index in [9.17, 15) is 14.9 Å². The van der Waals surface area contributed by atoms with Crippen LogP contribution in [0.5, 0.6) is 0 Å². The molecule has 29 heavy (non-hydrogen) atoms. The molecule has 0 saturated heterocycles. The van der Waals surface area contributed by atoms with Crippen molar-refractivity contribution >= 4 is 28.8 Å². The highest BCUT2D eigenvalue weighted by molar-refractivity contribution is 5.94. The van der Waals surface area contributed by atoms with Crippen LogP contribution in [0.2, 0.25) is 0 Å². The van der Waals surface area contributed by atoms with Crippen molar-refractivity contribution in [3.05, 3.63) is 81.7 Å². The minimum Gasteiger partial charge on any atom is -0.346 e. The molecule has 4 rings (SSSR count). The molecule has 8 heteroatoms. The molecule has 2 heterocycles. The lowest BCUT2D eigenvalue weighted by molar-refractivity contribution is -0.383. The van der Waals surface area contributed by atoms with Gasteiger partial charge >= 0.3 is 5.69 Å². The Balaban J connectivity index is 1.66. The molecule has 0 bridgehead atoms. The Hall–Kier alpha value is -3.81. The molecule has 0 saturated carbocycles. The van der Waals surface area contributed by atoms with Gasteiger partial charge in [0.25, 0.3) is 0 Å². The van der Waals surface area contributed by atoms with E-state index in [0.29, 0.717) is 30.2 Å². The number of benzene rings is 2. The van der Waals surface area contributed by atoms with Crippen LogP contribution in [0.4, 0.5) is 23.0 Å². The van der Waals surface area contributed by atoms with Gasteiger partial charge in [-0.1, -0.05) is 24.3 Å². The molecule has 3 aromatic rings. The van der Waals surface area contributed by atoms with Gasteiger partial charge in [0.1, 0.15) is 6.33 Å². The number of anilines is 3. The summed E-state index contributed by atoms with van der Waals surface area (Å²) in [5.74, 6) is 0.369. The molecule has 0 fully saturated rings. The zero-order valence-electron chi connectivity index (χ0n) is 15.8. The predicted molar refractivity (Wildman–Crippen MR) is 110 cm³/mol. The second kappa shape index (κ2) is 7.67. The fraction of sp³-hybridized carbons (Fsp3) is 0.190. The predicted octanol–water partition coefficient (Wildman–Crippen LogP) is 3.89. The van der Waals surface area contributed by atoms with Crippen molar-refractivity contribution < 1.29 is 9.72 Å². The van der Waals surface area contributed by atoms with Crippen LogP contribution >= 0.6 is 0 Å². The topological polar surface area (TPSA) is 101 Å². The summed E-state index contributed by atoms with van der Waals surface area (Å²) in [6.07, 6.45) is 2.13. The average molecular weight is 389 g/mol. The molecule has 1 aliphatic heterocycles. The molecule has 0 atom stereocenters. The molecular formula is C21H19N5O3. The first kappa shape index (κ1) is 18.5. The van der Waals surface area contributed by atoms with E-state index in [2.05, 4.69) is 21.4 Å². The summed E-state index contributed by atoms with van der Waals surface area (Å²) in [5.41, 5.74) is 3.40. The maximum atomic E-state index is 11.9. The lowest BCUT2D eigenvalue weighted by atomic mass is 10.00. The van der Waals surface area contributed by atoms with Crippen LogP contribution in [0.3, 0.4) is 0 Å². The van der Waals surface area contributed by atoms with Gasteiger partial charge in [-0.15, -0.1) is 0 Å². The number of ketones is 1. The number of aromatic nitrogens is 2. The standard InChI is InChI=1S/C21H19N5O3/c1-14(27)15-6-8-18(9-7-15)24-20-19(26(28)29)21(23-13-22-20)25-11-10-16-4-2-3-5-17(16)12-25/h2-9,13H,10-12H2,1H3,(H,22,23,24). The van der Waals surface area contributed by atoms with Crippen LogP contribution in [0.1, 0.15) is 28.4 Å². The largest absolute Gasteiger partial charge is 0.353 e. The number of carbonyl (C=O) groups excluding carboxylic acids is 1. The summed E-state index contributed by atoms with van der Waals surface area (Å²) >= 11 is 0. The summed E-state index contributed by atoms with van der Waals surface area (Å²) < 4.78 is 0. The van der Waals surface area contributed by atoms with E-state index in [0.717, 1.165) is 12.0 Å². The Morgan fingerprint density at radius 1 is 1.10 bits per heavy atom. The van der Waals surface area contributed by atoms with Crippen LogP contribution < -0.4 is 10.2 Å². The van der Waals surface area contributed by atoms with Gasteiger partial charge in [-0.3, -0.25) is 14.9 Å². The van der Waals surface area contributed by atoms with Gasteiger partial charge in [0.05, 0.1) is 4.92 Å². The van der Waals surface area contributed by atoms with Crippen molar-refractivity contribution in [1.29, 1.82) is 0 Å².